The van der Waals surface area contributed by atoms with Crippen LogP contribution in [0.3, 0.4) is 0 Å². The number of nitrogens with one attached hydrogen (secondary N) is 1. The van der Waals surface area contributed by atoms with E-state index in [1.54, 1.807) is 28.8 Å². The summed E-state index contributed by atoms with van der Waals surface area (Å²) in [6, 6.07) is 10.8. The van der Waals surface area contributed by atoms with Crippen molar-refractivity contribution in [2.24, 2.45) is 0 Å². The molecule has 1 atom stereocenters. The van der Waals surface area contributed by atoms with Crippen LogP contribution >= 0.6 is 22.9 Å². The lowest BCUT2D eigenvalue weighted by molar-refractivity contribution is -0.0915. The van der Waals surface area contributed by atoms with Crippen LogP contribution in [0.15, 0.2) is 40.9 Å². The molecule has 4 heterocycles. The molecule has 4 aromatic rings. The maximum atomic E-state index is 13.7. The van der Waals surface area contributed by atoms with Gasteiger partial charge in [0.15, 0.2) is 11.6 Å². The molecule has 14 heteroatoms. The van der Waals surface area contributed by atoms with Crippen molar-refractivity contribution in [3.05, 3.63) is 57.8 Å². The minimum atomic E-state index is -1.16. The van der Waals surface area contributed by atoms with Crippen LogP contribution in [0.2, 0.25) is 4.34 Å². The fraction of sp³-hybridized carbons (Fsp3) is 0.500. The zero-order chi connectivity index (χ0) is 33.8. The summed E-state index contributed by atoms with van der Waals surface area (Å²) in [5.74, 6) is -0.264. The highest BCUT2D eigenvalue weighted by Gasteiger charge is 2.27. The molecule has 1 N–H and O–H groups in total. The van der Waals surface area contributed by atoms with E-state index >= 15 is 0 Å². The number of benzene rings is 1. The number of nitrogens with zero attached hydrogens (tertiary/aromatic N) is 4. The fourth-order valence-electron chi connectivity index (χ4n) is 6.24. The van der Waals surface area contributed by atoms with Gasteiger partial charge in [-0.15, -0.1) is 11.3 Å². The lowest BCUT2D eigenvalue weighted by atomic mass is 9.98. The normalized spacial score (nSPS) is 17.0. The number of rotatable bonds is 10. The van der Waals surface area contributed by atoms with Gasteiger partial charge in [-0.25, -0.2) is 14.6 Å². The van der Waals surface area contributed by atoms with Crippen LogP contribution in [0, 0.1) is 0 Å². The van der Waals surface area contributed by atoms with E-state index in [-0.39, 0.29) is 36.0 Å². The summed E-state index contributed by atoms with van der Waals surface area (Å²) in [6.07, 6.45) is 4.21. The predicted octanol–water partition coefficient (Wildman–Crippen LogP) is 7.05. The van der Waals surface area contributed by atoms with Crippen molar-refractivity contribution in [1.82, 2.24) is 24.9 Å². The molecule has 1 aliphatic carbocycles. The average molecular weight is 698 g/mol. The van der Waals surface area contributed by atoms with Crippen LogP contribution in [-0.4, -0.2) is 75.2 Å². The van der Waals surface area contributed by atoms with Gasteiger partial charge < -0.3 is 33.5 Å². The van der Waals surface area contributed by atoms with Gasteiger partial charge in [0.1, 0.15) is 11.8 Å². The van der Waals surface area contributed by atoms with Crippen molar-refractivity contribution in [2.75, 3.05) is 13.1 Å². The number of carbonyl (C=O) groups is 3. The lowest BCUT2D eigenvalue weighted by Gasteiger charge is -2.34. The number of hydrogen-bond acceptors (Lipinski definition) is 11. The largest absolute Gasteiger partial charge is 0.511 e. The molecular weight excluding hydrogens is 658 g/mol. The molecule has 1 amide bonds. The van der Waals surface area contributed by atoms with E-state index in [0.717, 1.165) is 62.9 Å². The number of fused-ring (bicyclic) bond motifs is 1. The molecule has 48 heavy (non-hydrogen) atoms. The second kappa shape index (κ2) is 15.1. The molecule has 0 radical (unpaired) electrons. The van der Waals surface area contributed by atoms with Crippen LogP contribution in [0.4, 0.5) is 4.79 Å². The number of ether oxygens (including phenoxy) is 3. The number of piperidine rings is 1. The van der Waals surface area contributed by atoms with E-state index in [4.69, 9.17) is 30.3 Å². The van der Waals surface area contributed by atoms with Crippen LogP contribution in [0.5, 0.6) is 0 Å². The van der Waals surface area contributed by atoms with E-state index in [2.05, 4.69) is 34.2 Å². The number of esters is 1. The third-order valence-electron chi connectivity index (χ3n) is 8.83. The number of hydrogen-bond donors (Lipinski definition) is 1. The van der Waals surface area contributed by atoms with Crippen LogP contribution < -0.4 is 5.32 Å². The van der Waals surface area contributed by atoms with Crippen molar-refractivity contribution in [3.8, 4) is 10.6 Å². The molecule has 2 fully saturated rings. The molecule has 3 aromatic heterocycles. The minimum Gasteiger partial charge on any atom is -0.431 e. The Kier molecular flexibility index (Phi) is 10.7. The Hall–Kier alpha value is -3.94. The van der Waals surface area contributed by atoms with Crippen molar-refractivity contribution >= 4 is 52.0 Å². The Morgan fingerprint density at radius 3 is 2.50 bits per heavy atom. The van der Waals surface area contributed by atoms with E-state index in [1.807, 2.05) is 12.1 Å². The molecule has 12 nitrogen and oxygen atoms in total. The van der Waals surface area contributed by atoms with Gasteiger partial charge >= 0.3 is 12.1 Å². The quantitative estimate of drug-likeness (QED) is 0.136. The molecular formula is C34H40ClN5O7S. The summed E-state index contributed by atoms with van der Waals surface area (Å²) in [5, 5.41) is 7.41. The minimum absolute atomic E-state index is 0.0137. The third-order valence-corrected chi connectivity index (χ3v) is 10.1. The highest BCUT2D eigenvalue weighted by molar-refractivity contribution is 7.19. The number of carbonyl (C=O) groups excluding carboxylic acids is 3. The van der Waals surface area contributed by atoms with E-state index in [0.29, 0.717) is 32.9 Å². The Balaban J connectivity index is 1.19. The zero-order valence-electron chi connectivity index (χ0n) is 27.3. The van der Waals surface area contributed by atoms with E-state index in [9.17, 15) is 14.4 Å². The summed E-state index contributed by atoms with van der Waals surface area (Å²) < 4.78 is 23.9. The first-order valence-corrected chi connectivity index (χ1v) is 17.7. The standard InChI is InChI=1S/C34H40ClN5O7S/c1-20(2)39-15-13-23(14-16-39)36-32(41)31-37-26-17-22(33(42)44-21(3)45-34(43)46-25-7-5-4-6-8-25)9-10-27(26)40(31)19-24-18-28(47-38-24)29-11-12-30(35)48-29/h9-12,17-18,20-21,23,25H,4-8,13-16,19H2,1-3H3,(H,36,41). The maximum Gasteiger partial charge on any atom is 0.511 e. The summed E-state index contributed by atoms with van der Waals surface area (Å²) in [4.78, 5) is 46.9. The first-order valence-electron chi connectivity index (χ1n) is 16.5. The third kappa shape index (κ3) is 8.19. The first kappa shape index (κ1) is 33.9. The van der Waals surface area contributed by atoms with Gasteiger partial charge in [0.2, 0.25) is 6.29 Å². The Morgan fingerprint density at radius 1 is 1.02 bits per heavy atom. The summed E-state index contributed by atoms with van der Waals surface area (Å²) >= 11 is 7.49. The van der Waals surface area contributed by atoms with Gasteiger partial charge in [-0.1, -0.05) is 23.2 Å². The monoisotopic (exact) mass is 697 g/mol. The highest BCUT2D eigenvalue weighted by atomic mass is 35.5. The average Bonchev–Trinajstić information content (AvgIpc) is 3.80. The molecule has 256 valence electrons. The molecule has 1 aromatic carbocycles. The second-order valence-corrected chi connectivity index (χ2v) is 14.3. The number of imidazole rings is 1. The summed E-state index contributed by atoms with van der Waals surface area (Å²) in [6.45, 7) is 7.81. The SMILES string of the molecule is CC(OC(=O)OC1CCCCC1)OC(=O)c1ccc2c(c1)nc(C(=O)NC1CCN(C(C)C)CC1)n2Cc1cc(-c2ccc(Cl)s2)on1. The number of thiophene rings is 1. The van der Waals surface area contributed by atoms with Gasteiger partial charge in [0.05, 0.1) is 32.4 Å². The molecule has 0 bridgehead atoms. The van der Waals surface area contributed by atoms with E-state index < -0.39 is 18.4 Å². The number of amides is 1. The molecule has 2 aliphatic rings. The van der Waals surface area contributed by atoms with Crippen molar-refractivity contribution < 1.29 is 33.1 Å². The summed E-state index contributed by atoms with van der Waals surface area (Å²) in [7, 11) is 0. The van der Waals surface area contributed by atoms with Crippen LogP contribution in [-0.2, 0) is 20.8 Å². The fourth-order valence-corrected chi connectivity index (χ4v) is 7.23. The number of likely N-dealkylation sites (tertiary alicyclic amines) is 1. The number of halogens is 1. The predicted molar refractivity (Wildman–Crippen MR) is 180 cm³/mol. The molecule has 1 unspecified atom stereocenters. The van der Waals surface area contributed by atoms with Crippen molar-refractivity contribution in [3.63, 3.8) is 0 Å². The van der Waals surface area contributed by atoms with Gasteiger partial charge in [-0.3, -0.25) is 4.79 Å². The maximum absolute atomic E-state index is 13.7. The molecule has 0 spiro atoms. The Labute approximate surface area is 287 Å². The van der Waals surface area contributed by atoms with Crippen LogP contribution in [0.25, 0.3) is 21.7 Å². The van der Waals surface area contributed by atoms with Gasteiger partial charge in [-0.05, 0) is 82.7 Å². The van der Waals surface area contributed by atoms with Crippen molar-refractivity contribution in [1.29, 1.82) is 0 Å². The van der Waals surface area contributed by atoms with E-state index in [1.165, 1.54) is 18.3 Å². The topological polar surface area (TPSA) is 138 Å². The highest BCUT2D eigenvalue weighted by Crippen LogP contribution is 2.32. The van der Waals surface area contributed by atoms with Gasteiger partial charge in [-0.2, -0.15) is 0 Å². The molecule has 1 saturated carbocycles. The zero-order valence-corrected chi connectivity index (χ0v) is 28.8. The lowest BCUT2D eigenvalue weighted by Crippen LogP contribution is -2.47. The molecule has 6 rings (SSSR count). The van der Waals surface area contributed by atoms with Crippen molar-refractivity contribution in [2.45, 2.75) is 96.7 Å². The molecule has 1 saturated heterocycles. The Morgan fingerprint density at radius 2 is 1.79 bits per heavy atom. The summed E-state index contributed by atoms with van der Waals surface area (Å²) in [5.41, 5.74) is 1.82. The van der Waals surface area contributed by atoms with Gasteiger partial charge in [0, 0.05) is 38.2 Å². The Bertz CT molecular complexity index is 1750. The second-order valence-electron chi connectivity index (χ2n) is 12.6. The first-order chi connectivity index (χ1) is 23.1. The van der Waals surface area contributed by atoms with Crippen LogP contribution in [0.1, 0.15) is 92.4 Å². The number of aromatic nitrogens is 3. The smallest absolute Gasteiger partial charge is 0.431 e. The van der Waals surface area contributed by atoms with Gasteiger partial charge in [0.25, 0.3) is 5.91 Å². The molecule has 1 aliphatic heterocycles.